The van der Waals surface area contributed by atoms with Gasteiger partial charge in [-0.25, -0.2) is 9.59 Å². The van der Waals surface area contributed by atoms with Gasteiger partial charge in [0.15, 0.2) is 11.5 Å². The minimum atomic E-state index is -1.23. The summed E-state index contributed by atoms with van der Waals surface area (Å²) in [7, 11) is 0. The van der Waals surface area contributed by atoms with Gasteiger partial charge in [0.1, 0.15) is 0 Å². The second-order valence-corrected chi connectivity index (χ2v) is 14.3. The van der Waals surface area contributed by atoms with Crippen molar-refractivity contribution in [1.29, 1.82) is 0 Å². The lowest BCUT2D eigenvalue weighted by Gasteiger charge is -2.33. The molecular weight excluding hydrogens is 750 g/mol. The van der Waals surface area contributed by atoms with Crippen molar-refractivity contribution in [1.82, 2.24) is 9.80 Å². The Balaban J connectivity index is 1.02. The van der Waals surface area contributed by atoms with E-state index in [2.05, 4.69) is 20.4 Å². The zero-order valence-corrected chi connectivity index (χ0v) is 31.2. The maximum Gasteiger partial charge on any atom is 0.423 e. The number of carbonyl (C=O) groups excluding carboxylic acids is 2. The topological polar surface area (TPSA) is 102 Å². The van der Waals surface area contributed by atoms with Crippen LogP contribution in [-0.2, 0) is 32.2 Å². The van der Waals surface area contributed by atoms with Crippen LogP contribution in [0, 0.1) is 0 Å². The largest absolute Gasteiger partial charge is 0.423 e. The zero-order valence-electron chi connectivity index (χ0n) is 28.2. The van der Waals surface area contributed by atoms with Crippen molar-refractivity contribution in [2.45, 2.75) is 25.3 Å². The van der Waals surface area contributed by atoms with Gasteiger partial charge < -0.3 is 29.6 Å². The van der Waals surface area contributed by atoms with Crippen molar-refractivity contribution < 1.29 is 28.5 Å². The Labute approximate surface area is 322 Å². The van der Waals surface area contributed by atoms with Crippen LogP contribution >= 0.6 is 46.4 Å². The second kappa shape index (κ2) is 18.4. The van der Waals surface area contributed by atoms with Gasteiger partial charge in [-0.3, -0.25) is 9.80 Å². The van der Waals surface area contributed by atoms with Crippen molar-refractivity contribution in [3.05, 3.63) is 116 Å². The highest BCUT2D eigenvalue weighted by molar-refractivity contribution is 6.33. The Kier molecular flexibility index (Phi) is 13.5. The van der Waals surface area contributed by atoms with E-state index < -0.39 is 11.9 Å². The molecule has 274 valence electrons. The van der Waals surface area contributed by atoms with Crippen LogP contribution in [0.3, 0.4) is 0 Å². The van der Waals surface area contributed by atoms with Crippen LogP contribution in [0.1, 0.15) is 11.1 Å². The Hall–Kier alpha value is -3.58. The fraction of sp³-hybridized carbons (Fsp3) is 0.316. The summed E-state index contributed by atoms with van der Waals surface area (Å²) in [5.74, 6) is -2.31. The maximum atomic E-state index is 13.0. The summed E-state index contributed by atoms with van der Waals surface area (Å²) in [6, 6.07) is 25.1. The number of esters is 2. The molecule has 2 N–H and O–H groups in total. The number of benzene rings is 4. The molecule has 14 heteroatoms. The van der Waals surface area contributed by atoms with Crippen LogP contribution in [0.5, 0.6) is 11.5 Å². The van der Waals surface area contributed by atoms with Gasteiger partial charge in [0.25, 0.3) is 0 Å². The molecule has 2 saturated heterocycles. The summed E-state index contributed by atoms with van der Waals surface area (Å²) < 4.78 is 23.0. The molecule has 0 amide bonds. The van der Waals surface area contributed by atoms with Crippen molar-refractivity contribution in [3.63, 3.8) is 0 Å². The van der Waals surface area contributed by atoms with E-state index in [0.717, 1.165) is 37.3 Å². The smallest absolute Gasteiger partial charge is 0.416 e. The van der Waals surface area contributed by atoms with Crippen LogP contribution in [0.15, 0.2) is 84.9 Å². The Bertz CT molecular complexity index is 1700. The van der Waals surface area contributed by atoms with Gasteiger partial charge in [0, 0.05) is 84.6 Å². The van der Waals surface area contributed by atoms with E-state index in [0.29, 0.717) is 70.9 Å². The number of nitrogens with zero attached hydrogens (tertiary/aromatic N) is 2. The molecule has 2 fully saturated rings. The minimum absolute atomic E-state index is 0.0744. The average Bonchev–Trinajstić information content (AvgIpc) is 3.13. The third-order valence-corrected chi connectivity index (χ3v) is 9.56. The van der Waals surface area contributed by atoms with E-state index >= 15 is 0 Å². The summed E-state index contributed by atoms with van der Waals surface area (Å²) in [6.45, 7) is 6.51. The molecule has 52 heavy (non-hydrogen) atoms. The van der Waals surface area contributed by atoms with Crippen LogP contribution < -0.4 is 20.1 Å². The summed E-state index contributed by atoms with van der Waals surface area (Å²) in [5, 5.41) is 8.59. The number of carbonyl (C=O) groups is 2. The van der Waals surface area contributed by atoms with Crippen LogP contribution in [0.25, 0.3) is 0 Å². The third-order valence-electron chi connectivity index (χ3n) is 8.58. The van der Waals surface area contributed by atoms with Crippen molar-refractivity contribution >= 4 is 69.7 Å². The molecule has 4 aromatic rings. The second-order valence-electron chi connectivity index (χ2n) is 12.5. The van der Waals surface area contributed by atoms with Gasteiger partial charge >= 0.3 is 11.9 Å². The predicted octanol–water partition coefficient (Wildman–Crippen LogP) is 7.44. The molecule has 0 saturated carbocycles. The number of morpholine rings is 2. The molecular formula is C38H38Cl4N4O6. The number of hydrogen-bond donors (Lipinski definition) is 2. The van der Waals surface area contributed by atoms with Crippen LogP contribution in [0.4, 0.5) is 11.4 Å². The monoisotopic (exact) mass is 786 g/mol. The minimum Gasteiger partial charge on any atom is -0.416 e. The number of hydrogen-bond acceptors (Lipinski definition) is 10. The number of rotatable bonds is 12. The summed E-state index contributed by atoms with van der Waals surface area (Å²) >= 11 is 24.6. The van der Waals surface area contributed by atoms with Crippen molar-refractivity contribution in [3.8, 4) is 11.5 Å². The predicted molar refractivity (Wildman–Crippen MR) is 204 cm³/mol. The molecule has 2 heterocycles. The van der Waals surface area contributed by atoms with Gasteiger partial charge in [0.05, 0.1) is 36.8 Å². The maximum absolute atomic E-state index is 13.0. The van der Waals surface area contributed by atoms with E-state index in [9.17, 15) is 9.59 Å². The highest BCUT2D eigenvalue weighted by atomic mass is 35.5. The standard InChI is InChI=1S/C38H38Cl4N4O6/c39-27-5-1-25(2-6-27)21-45-13-15-49-31(23-45)19-43-33-11-9-29(41)17-35(33)51-37(47)38(48)52-36-18-30(42)10-12-34(36)44-20-32-24-46(14-16-50-32)22-26-3-7-28(40)8-4-26/h1-12,17-18,31-32,43-44H,13-16,19-24H2. The SMILES string of the molecule is O=C(Oc1cc(Cl)ccc1NCC1CN(Cc2ccc(Cl)cc2)CCO1)C(=O)Oc1cc(Cl)ccc1NCC1CN(Cc2ccc(Cl)cc2)CCO1. The summed E-state index contributed by atoms with van der Waals surface area (Å²) in [4.78, 5) is 30.7. The molecule has 0 aliphatic carbocycles. The number of ether oxygens (including phenoxy) is 4. The van der Waals surface area contributed by atoms with E-state index in [1.54, 1.807) is 24.3 Å². The van der Waals surface area contributed by atoms with E-state index in [1.165, 1.54) is 12.1 Å². The first-order valence-corrected chi connectivity index (χ1v) is 18.4. The molecule has 2 atom stereocenters. The number of nitrogens with one attached hydrogen (secondary N) is 2. The lowest BCUT2D eigenvalue weighted by atomic mass is 10.2. The average molecular weight is 789 g/mol. The fourth-order valence-electron chi connectivity index (χ4n) is 5.98. The van der Waals surface area contributed by atoms with Gasteiger partial charge in [-0.2, -0.15) is 0 Å². The van der Waals surface area contributed by atoms with E-state index in [-0.39, 0.29) is 23.7 Å². The Morgan fingerprint density at radius 3 is 1.38 bits per heavy atom. The van der Waals surface area contributed by atoms with Crippen molar-refractivity contribution in [2.24, 2.45) is 0 Å². The molecule has 0 spiro atoms. The first kappa shape index (κ1) is 38.2. The van der Waals surface area contributed by atoms with Crippen LogP contribution in [0.2, 0.25) is 20.1 Å². The Morgan fingerprint density at radius 1 is 0.596 bits per heavy atom. The molecule has 10 nitrogen and oxygen atoms in total. The van der Waals surface area contributed by atoms with Crippen LogP contribution in [-0.4, -0.2) is 86.4 Å². The first-order chi connectivity index (χ1) is 25.2. The lowest BCUT2D eigenvalue weighted by Crippen LogP contribution is -2.44. The van der Waals surface area contributed by atoms with Gasteiger partial charge in [-0.1, -0.05) is 70.7 Å². The molecule has 0 radical (unpaired) electrons. The highest BCUT2D eigenvalue weighted by Gasteiger charge is 2.26. The highest BCUT2D eigenvalue weighted by Crippen LogP contribution is 2.31. The number of anilines is 2. The van der Waals surface area contributed by atoms with Crippen molar-refractivity contribution in [2.75, 3.05) is 63.1 Å². The molecule has 2 aliphatic heterocycles. The van der Waals surface area contributed by atoms with E-state index in [4.69, 9.17) is 65.4 Å². The molecule has 2 unspecified atom stereocenters. The summed E-state index contributed by atoms with van der Waals surface area (Å²) in [6.07, 6.45) is -0.269. The quantitative estimate of drug-likeness (QED) is 0.0857. The molecule has 6 rings (SSSR count). The lowest BCUT2D eigenvalue weighted by molar-refractivity contribution is -0.156. The summed E-state index contributed by atoms with van der Waals surface area (Å²) in [5.41, 5.74) is 3.25. The number of halogens is 4. The molecule has 0 aromatic heterocycles. The molecule has 4 aromatic carbocycles. The third kappa shape index (κ3) is 11.2. The first-order valence-electron chi connectivity index (χ1n) is 16.8. The fourth-order valence-corrected chi connectivity index (χ4v) is 6.55. The van der Waals surface area contributed by atoms with Gasteiger partial charge in [-0.05, 0) is 59.7 Å². The molecule has 0 bridgehead atoms. The van der Waals surface area contributed by atoms with E-state index in [1.807, 2.05) is 48.5 Å². The Morgan fingerprint density at radius 2 is 0.981 bits per heavy atom. The normalized spacial score (nSPS) is 18.1. The van der Waals surface area contributed by atoms with Gasteiger partial charge in [-0.15, -0.1) is 0 Å². The zero-order chi connectivity index (χ0) is 36.5. The molecule has 2 aliphatic rings. The van der Waals surface area contributed by atoms with Gasteiger partial charge in [0.2, 0.25) is 0 Å².